The number of hydrogen-bond donors (Lipinski definition) is 2. The Hall–Kier alpha value is -0.320. The first-order valence-electron chi connectivity index (χ1n) is 4.38. The molecule has 0 saturated carbocycles. The molecular formula is C8H17ClN2O2. The Morgan fingerprint density at radius 2 is 2.38 bits per heavy atom. The van der Waals surface area contributed by atoms with Crippen molar-refractivity contribution in [1.29, 1.82) is 0 Å². The van der Waals surface area contributed by atoms with Gasteiger partial charge in [0.15, 0.2) is 0 Å². The molecule has 0 radical (unpaired) electrons. The average molecular weight is 209 g/mol. The largest absolute Gasteiger partial charge is 0.375 e. The molecule has 2 atom stereocenters. The molecule has 1 aliphatic heterocycles. The maximum absolute atomic E-state index is 11.4. The molecule has 5 heteroatoms. The summed E-state index contributed by atoms with van der Waals surface area (Å²) in [5, 5.41) is 5.88. The highest BCUT2D eigenvalue weighted by atomic mass is 35.5. The summed E-state index contributed by atoms with van der Waals surface area (Å²) in [6, 6.07) is -0.182. The highest BCUT2D eigenvalue weighted by molar-refractivity contribution is 5.85. The molecule has 0 spiro atoms. The van der Waals surface area contributed by atoms with Gasteiger partial charge in [-0.2, -0.15) is 0 Å². The van der Waals surface area contributed by atoms with Gasteiger partial charge in [0.25, 0.3) is 0 Å². The Bertz CT molecular complexity index is 166. The van der Waals surface area contributed by atoms with Gasteiger partial charge in [0, 0.05) is 13.1 Å². The standard InChI is InChI=1S/C8H16N2O2.ClH/c1-3-9-8(11)7-6(2)12-5-4-10-7;/h6-7,10H,3-5H2,1-2H3,(H,9,11);1H/t6-,7+;/m1./s1. The Morgan fingerprint density at radius 3 is 2.92 bits per heavy atom. The molecule has 0 aliphatic carbocycles. The summed E-state index contributed by atoms with van der Waals surface area (Å²) in [5.74, 6) is 0.0321. The first kappa shape index (κ1) is 12.7. The van der Waals surface area contributed by atoms with Crippen LogP contribution in [0.3, 0.4) is 0 Å². The number of ether oxygens (including phenoxy) is 1. The maximum Gasteiger partial charge on any atom is 0.239 e. The second-order valence-electron chi connectivity index (χ2n) is 2.90. The van der Waals surface area contributed by atoms with E-state index in [1.54, 1.807) is 0 Å². The van der Waals surface area contributed by atoms with E-state index in [9.17, 15) is 4.79 Å². The van der Waals surface area contributed by atoms with E-state index in [2.05, 4.69) is 10.6 Å². The summed E-state index contributed by atoms with van der Waals surface area (Å²) in [7, 11) is 0. The van der Waals surface area contributed by atoms with Gasteiger partial charge >= 0.3 is 0 Å². The van der Waals surface area contributed by atoms with Crippen molar-refractivity contribution in [1.82, 2.24) is 10.6 Å². The van der Waals surface area contributed by atoms with E-state index in [0.717, 1.165) is 6.54 Å². The zero-order chi connectivity index (χ0) is 8.97. The number of amides is 1. The third kappa shape index (κ3) is 3.50. The van der Waals surface area contributed by atoms with Gasteiger partial charge in [0.2, 0.25) is 5.91 Å². The van der Waals surface area contributed by atoms with Crippen LogP contribution in [-0.4, -0.2) is 37.7 Å². The molecule has 0 aromatic rings. The number of hydrogen-bond acceptors (Lipinski definition) is 3. The van der Waals surface area contributed by atoms with Crippen molar-refractivity contribution in [2.75, 3.05) is 19.7 Å². The molecular weight excluding hydrogens is 192 g/mol. The summed E-state index contributed by atoms with van der Waals surface area (Å²) in [6.07, 6.45) is -0.0229. The van der Waals surface area contributed by atoms with Crippen LogP contribution in [0, 0.1) is 0 Å². The highest BCUT2D eigenvalue weighted by Crippen LogP contribution is 2.03. The molecule has 1 aliphatic rings. The number of halogens is 1. The second kappa shape index (κ2) is 6.18. The van der Waals surface area contributed by atoms with Crippen LogP contribution in [0.15, 0.2) is 0 Å². The molecule has 1 saturated heterocycles. The van der Waals surface area contributed by atoms with Crippen LogP contribution in [0.4, 0.5) is 0 Å². The minimum absolute atomic E-state index is 0. The van der Waals surface area contributed by atoms with Crippen LogP contribution < -0.4 is 10.6 Å². The topological polar surface area (TPSA) is 50.4 Å². The number of carbonyl (C=O) groups excluding carboxylic acids is 1. The molecule has 1 rings (SSSR count). The summed E-state index contributed by atoms with van der Waals surface area (Å²) in [6.45, 7) is 5.94. The van der Waals surface area contributed by atoms with Gasteiger partial charge in [-0.3, -0.25) is 4.79 Å². The molecule has 0 aromatic carbocycles. The number of likely N-dealkylation sites (N-methyl/N-ethyl adjacent to an activating group) is 1. The van der Waals surface area contributed by atoms with Gasteiger partial charge in [-0.15, -0.1) is 12.4 Å². The molecule has 1 fully saturated rings. The molecule has 4 nitrogen and oxygen atoms in total. The van der Waals surface area contributed by atoms with E-state index in [-0.39, 0.29) is 30.5 Å². The minimum Gasteiger partial charge on any atom is -0.375 e. The Balaban J connectivity index is 0.00000144. The fourth-order valence-electron chi connectivity index (χ4n) is 1.31. The number of nitrogens with one attached hydrogen (secondary N) is 2. The third-order valence-electron chi connectivity index (χ3n) is 1.95. The van der Waals surface area contributed by atoms with Gasteiger partial charge < -0.3 is 15.4 Å². The Labute approximate surface area is 84.8 Å². The molecule has 0 unspecified atom stereocenters. The van der Waals surface area contributed by atoms with Crippen LogP contribution in [0.2, 0.25) is 0 Å². The molecule has 13 heavy (non-hydrogen) atoms. The zero-order valence-electron chi connectivity index (χ0n) is 8.00. The van der Waals surface area contributed by atoms with Crippen LogP contribution in [0.5, 0.6) is 0 Å². The molecule has 1 amide bonds. The van der Waals surface area contributed by atoms with Crippen molar-refractivity contribution in [3.8, 4) is 0 Å². The predicted molar refractivity (Wildman–Crippen MR) is 53.1 cm³/mol. The average Bonchev–Trinajstić information content (AvgIpc) is 2.05. The summed E-state index contributed by atoms with van der Waals surface area (Å²) < 4.78 is 5.33. The van der Waals surface area contributed by atoms with E-state index < -0.39 is 0 Å². The fourth-order valence-corrected chi connectivity index (χ4v) is 1.31. The lowest BCUT2D eigenvalue weighted by Crippen LogP contribution is -2.55. The van der Waals surface area contributed by atoms with Crippen LogP contribution >= 0.6 is 12.4 Å². The monoisotopic (exact) mass is 208 g/mol. The van der Waals surface area contributed by atoms with Crippen molar-refractivity contribution in [2.24, 2.45) is 0 Å². The van der Waals surface area contributed by atoms with Crippen molar-refractivity contribution >= 4 is 18.3 Å². The van der Waals surface area contributed by atoms with Crippen molar-refractivity contribution in [3.63, 3.8) is 0 Å². The zero-order valence-corrected chi connectivity index (χ0v) is 8.82. The molecule has 2 N–H and O–H groups in total. The van der Waals surface area contributed by atoms with Crippen molar-refractivity contribution in [2.45, 2.75) is 26.0 Å². The van der Waals surface area contributed by atoms with Gasteiger partial charge in [-0.05, 0) is 13.8 Å². The van der Waals surface area contributed by atoms with Crippen LogP contribution in [0.25, 0.3) is 0 Å². The molecule has 1 heterocycles. The SMILES string of the molecule is CCNC(=O)[C@H]1NCCO[C@@H]1C.Cl. The lowest BCUT2D eigenvalue weighted by Gasteiger charge is -2.29. The number of rotatable bonds is 2. The van der Waals surface area contributed by atoms with E-state index in [1.807, 2.05) is 13.8 Å². The molecule has 0 bridgehead atoms. The minimum atomic E-state index is -0.182. The highest BCUT2D eigenvalue weighted by Gasteiger charge is 2.27. The van der Waals surface area contributed by atoms with Gasteiger partial charge in [-0.25, -0.2) is 0 Å². The van der Waals surface area contributed by atoms with Crippen molar-refractivity contribution < 1.29 is 9.53 Å². The first-order valence-corrected chi connectivity index (χ1v) is 4.38. The maximum atomic E-state index is 11.4. The van der Waals surface area contributed by atoms with E-state index in [4.69, 9.17) is 4.74 Å². The van der Waals surface area contributed by atoms with Gasteiger partial charge in [-0.1, -0.05) is 0 Å². The lowest BCUT2D eigenvalue weighted by molar-refractivity contribution is -0.128. The summed E-state index contributed by atoms with van der Waals surface area (Å²) in [5.41, 5.74) is 0. The fraction of sp³-hybridized carbons (Fsp3) is 0.875. The smallest absolute Gasteiger partial charge is 0.239 e. The van der Waals surface area contributed by atoms with E-state index in [1.165, 1.54) is 0 Å². The van der Waals surface area contributed by atoms with Gasteiger partial charge in [0.05, 0.1) is 12.7 Å². The second-order valence-corrected chi connectivity index (χ2v) is 2.90. The number of carbonyl (C=O) groups is 1. The van der Waals surface area contributed by atoms with E-state index in [0.29, 0.717) is 13.2 Å². The quantitative estimate of drug-likeness (QED) is 0.668. The summed E-state index contributed by atoms with van der Waals surface area (Å²) in [4.78, 5) is 11.4. The predicted octanol–water partition coefficient (Wildman–Crippen LogP) is -0.0788. The summed E-state index contributed by atoms with van der Waals surface area (Å²) >= 11 is 0. The van der Waals surface area contributed by atoms with Crippen LogP contribution in [-0.2, 0) is 9.53 Å². The normalized spacial score (nSPS) is 27.5. The first-order chi connectivity index (χ1) is 5.75. The Kier molecular flexibility index (Phi) is 6.03. The van der Waals surface area contributed by atoms with Crippen molar-refractivity contribution in [3.05, 3.63) is 0 Å². The number of morpholine rings is 1. The lowest BCUT2D eigenvalue weighted by atomic mass is 10.1. The molecule has 78 valence electrons. The van der Waals surface area contributed by atoms with Gasteiger partial charge in [0.1, 0.15) is 6.04 Å². The Morgan fingerprint density at radius 1 is 1.69 bits per heavy atom. The van der Waals surface area contributed by atoms with E-state index >= 15 is 0 Å². The molecule has 0 aromatic heterocycles. The van der Waals surface area contributed by atoms with Crippen LogP contribution in [0.1, 0.15) is 13.8 Å². The third-order valence-corrected chi connectivity index (χ3v) is 1.95.